The van der Waals surface area contributed by atoms with Crippen molar-refractivity contribution in [3.8, 4) is 10.0 Å². The largest absolute Gasteiger partial charge is 0.372 e. The molecule has 8 aromatic rings. The van der Waals surface area contributed by atoms with Gasteiger partial charge in [0, 0.05) is 31.3 Å². The molecule has 4 aromatic carbocycles. The lowest BCUT2D eigenvalue weighted by molar-refractivity contribution is 0.107. The Bertz CT molecular complexity index is 2150. The zero-order valence-electron chi connectivity index (χ0n) is 24.7. The van der Waals surface area contributed by atoms with Gasteiger partial charge in [0.25, 0.3) is 0 Å². The van der Waals surface area contributed by atoms with Crippen LogP contribution in [0.4, 0.5) is 0 Å². The third kappa shape index (κ3) is 4.24. The third-order valence-corrected chi connectivity index (χ3v) is 11.7. The second-order valence-corrected chi connectivity index (χ2v) is 14.7. The van der Waals surface area contributed by atoms with Crippen LogP contribution >= 0.6 is 22.7 Å². The minimum atomic E-state index is 0.566. The molecule has 0 radical (unpaired) electrons. The second-order valence-electron chi connectivity index (χ2n) is 12.4. The molecule has 7 aliphatic rings. The molecular weight excluding hydrogens is 593 g/mol. The van der Waals surface area contributed by atoms with Crippen LogP contribution in [0.2, 0.25) is 0 Å². The summed E-state index contributed by atoms with van der Waals surface area (Å²) < 4.78 is 17.7. The fourth-order valence-electron chi connectivity index (χ4n) is 7.32. The van der Waals surface area contributed by atoms with E-state index >= 15 is 0 Å². The van der Waals surface area contributed by atoms with E-state index in [-0.39, 0.29) is 0 Å². The summed E-state index contributed by atoms with van der Waals surface area (Å²) in [5.41, 5.74) is 9.70. The summed E-state index contributed by atoms with van der Waals surface area (Å²) in [7, 11) is 0. The molecule has 0 amide bonds. The lowest BCUT2D eigenvalue weighted by atomic mass is 10.1. The molecule has 4 aromatic heterocycles. The molecule has 18 bridgehead atoms. The molecule has 6 heteroatoms. The van der Waals surface area contributed by atoms with E-state index in [1.54, 1.807) is 0 Å². The minimum Gasteiger partial charge on any atom is -0.372 e. The molecule has 0 fully saturated rings. The maximum atomic E-state index is 6.39. The summed E-state index contributed by atoms with van der Waals surface area (Å²) in [6.45, 7) is 2.26. The van der Waals surface area contributed by atoms with Gasteiger partial charge in [0.1, 0.15) is 10.0 Å². The second kappa shape index (κ2) is 10.2. The van der Waals surface area contributed by atoms with Crippen molar-refractivity contribution in [2.24, 2.45) is 0 Å². The van der Waals surface area contributed by atoms with Gasteiger partial charge in [0.05, 0.1) is 48.5 Å². The number of rotatable bonds is 0. The minimum absolute atomic E-state index is 0.566. The Kier molecular flexibility index (Phi) is 5.88. The lowest BCUT2D eigenvalue weighted by Gasteiger charge is -2.08. The van der Waals surface area contributed by atoms with Crippen LogP contribution in [0.15, 0.2) is 97.1 Å². The van der Waals surface area contributed by atoms with Gasteiger partial charge in [0.2, 0.25) is 0 Å². The van der Waals surface area contributed by atoms with Crippen LogP contribution in [-0.4, -0.2) is 9.13 Å². The van der Waals surface area contributed by atoms with E-state index in [1.165, 1.54) is 85.6 Å². The Labute approximate surface area is 268 Å². The maximum Gasteiger partial charge on any atom is 0.100 e. The lowest BCUT2D eigenvalue weighted by Crippen LogP contribution is -1.96. The van der Waals surface area contributed by atoms with Gasteiger partial charge in [-0.2, -0.15) is 0 Å². The first kappa shape index (κ1) is 26.1. The molecule has 0 spiro atoms. The monoisotopic (exact) mass is 622 g/mol. The maximum absolute atomic E-state index is 6.39. The van der Waals surface area contributed by atoms with Crippen LogP contribution in [0.1, 0.15) is 38.4 Å². The summed E-state index contributed by atoms with van der Waals surface area (Å²) >= 11 is 3.84. The van der Waals surface area contributed by atoms with Crippen molar-refractivity contribution >= 4 is 66.3 Å². The first-order valence-corrected chi connectivity index (χ1v) is 17.3. The Hall–Kier alpha value is -4.20. The van der Waals surface area contributed by atoms with Gasteiger partial charge < -0.3 is 18.6 Å². The first-order valence-electron chi connectivity index (χ1n) is 15.7. The molecule has 0 aliphatic carbocycles. The molecule has 220 valence electrons. The van der Waals surface area contributed by atoms with Crippen molar-refractivity contribution in [3.05, 3.63) is 129 Å². The van der Waals surface area contributed by atoms with Crippen LogP contribution in [-0.2, 0) is 48.7 Å². The van der Waals surface area contributed by atoms with E-state index in [2.05, 4.69) is 106 Å². The Morgan fingerprint density at radius 3 is 1.13 bits per heavy atom. The summed E-state index contributed by atoms with van der Waals surface area (Å²) in [5.74, 6) is 0. The van der Waals surface area contributed by atoms with E-state index < -0.39 is 0 Å². The standard InChI is InChI=1S/C39H30N2O2S2/c1-2-28-8-14-38(44-28)40-34-10-4-24-16-30(34)31-17-25(5-11-35(31)40)21-43-23-27-7-13-37-33(19-27)32-18-26(22-42-20-24)6-12-36(32)41(37)39-15-9-29(3-1)45-39/h4-19H,1-3,20-23H2. The Balaban J connectivity index is 1.22. The van der Waals surface area contributed by atoms with Gasteiger partial charge in [-0.25, -0.2) is 0 Å². The topological polar surface area (TPSA) is 28.3 Å². The number of benzene rings is 4. The number of hydrogen-bond acceptors (Lipinski definition) is 4. The van der Waals surface area contributed by atoms with Crippen LogP contribution in [0, 0.1) is 0 Å². The highest BCUT2D eigenvalue weighted by molar-refractivity contribution is 7.15. The van der Waals surface area contributed by atoms with E-state index in [4.69, 9.17) is 9.47 Å². The van der Waals surface area contributed by atoms with E-state index in [9.17, 15) is 0 Å². The van der Waals surface area contributed by atoms with Crippen molar-refractivity contribution in [2.45, 2.75) is 45.7 Å². The van der Waals surface area contributed by atoms with Gasteiger partial charge in [-0.1, -0.05) is 24.3 Å². The van der Waals surface area contributed by atoms with Gasteiger partial charge in [-0.3, -0.25) is 0 Å². The molecule has 4 nitrogen and oxygen atoms in total. The predicted octanol–water partition coefficient (Wildman–Crippen LogP) is 10.2. The fourth-order valence-corrected chi connectivity index (χ4v) is 9.47. The van der Waals surface area contributed by atoms with Gasteiger partial charge in [-0.05, 0) is 114 Å². The first-order chi connectivity index (χ1) is 22.2. The normalized spacial score (nSPS) is 15.2. The number of hydrogen-bond donors (Lipinski definition) is 0. The highest BCUT2D eigenvalue weighted by Gasteiger charge is 2.18. The SMILES string of the molecule is c1cc2c3cc1COCc1ccc4c(c1)c1cc5ccc1n4-c1ccc(s1)CCCc1ccc(s1)-n2c1ccc(cc31)COC5. The zero-order chi connectivity index (χ0) is 29.5. The molecule has 0 saturated carbocycles. The summed E-state index contributed by atoms with van der Waals surface area (Å²) in [5, 5.41) is 7.59. The molecule has 0 unspecified atom stereocenters. The predicted molar refractivity (Wildman–Crippen MR) is 186 cm³/mol. The highest BCUT2D eigenvalue weighted by atomic mass is 32.1. The smallest absolute Gasteiger partial charge is 0.100 e. The highest BCUT2D eigenvalue weighted by Crippen LogP contribution is 2.38. The van der Waals surface area contributed by atoms with Gasteiger partial charge in [0.15, 0.2) is 0 Å². The average molecular weight is 623 g/mol. The van der Waals surface area contributed by atoms with Crippen LogP contribution in [0.5, 0.6) is 0 Å². The number of thiophene rings is 2. The summed E-state index contributed by atoms with van der Waals surface area (Å²) in [4.78, 5) is 2.87. The van der Waals surface area contributed by atoms with E-state index in [0.29, 0.717) is 26.4 Å². The molecule has 15 rings (SSSR count). The number of aromatic nitrogens is 2. The van der Waals surface area contributed by atoms with Crippen LogP contribution in [0.3, 0.4) is 0 Å². The molecular formula is C39H30N2O2S2. The summed E-state index contributed by atoms with van der Waals surface area (Å²) in [6.07, 6.45) is 3.30. The molecule has 0 atom stereocenters. The quantitative estimate of drug-likeness (QED) is 0.168. The summed E-state index contributed by atoms with van der Waals surface area (Å²) in [6, 6.07) is 36.6. The number of aryl methyl sites for hydroxylation is 2. The Morgan fingerprint density at radius 1 is 0.422 bits per heavy atom. The van der Waals surface area contributed by atoms with Crippen molar-refractivity contribution in [2.75, 3.05) is 0 Å². The van der Waals surface area contributed by atoms with Crippen molar-refractivity contribution in [3.63, 3.8) is 0 Å². The molecule has 0 saturated heterocycles. The number of nitrogens with zero attached hydrogens (tertiary/aromatic N) is 2. The van der Waals surface area contributed by atoms with E-state index in [0.717, 1.165) is 19.3 Å². The average Bonchev–Trinajstić information content (AvgIpc) is 3.84. The van der Waals surface area contributed by atoms with Gasteiger partial charge in [-0.15, -0.1) is 22.7 Å². The zero-order valence-corrected chi connectivity index (χ0v) is 26.3. The third-order valence-electron chi connectivity index (χ3n) is 9.44. The van der Waals surface area contributed by atoms with Crippen molar-refractivity contribution < 1.29 is 9.47 Å². The van der Waals surface area contributed by atoms with Crippen molar-refractivity contribution in [1.29, 1.82) is 0 Å². The molecule has 11 heterocycles. The Morgan fingerprint density at radius 2 is 0.778 bits per heavy atom. The molecule has 45 heavy (non-hydrogen) atoms. The van der Waals surface area contributed by atoms with Gasteiger partial charge >= 0.3 is 0 Å². The van der Waals surface area contributed by atoms with Crippen molar-refractivity contribution in [1.82, 2.24) is 9.13 Å². The van der Waals surface area contributed by atoms with Crippen LogP contribution < -0.4 is 0 Å². The fraction of sp³-hybridized carbons (Fsp3) is 0.179. The number of ether oxygens (including phenoxy) is 2. The molecule has 0 N–H and O–H groups in total. The van der Waals surface area contributed by atoms with Crippen LogP contribution in [0.25, 0.3) is 53.6 Å². The molecule has 7 aliphatic heterocycles. The van der Waals surface area contributed by atoms with E-state index in [1.807, 2.05) is 22.7 Å².